The average molecular weight is 238 g/mol. The highest BCUT2D eigenvalue weighted by Crippen LogP contribution is 2.22. The molecule has 17 heavy (non-hydrogen) atoms. The first-order valence-electron chi connectivity index (χ1n) is 5.13. The average Bonchev–Trinajstić information content (AvgIpc) is 2.40. The maximum absolute atomic E-state index is 12.0. The van der Waals surface area contributed by atoms with E-state index in [1.165, 1.54) is 11.8 Å². The van der Waals surface area contributed by atoms with Crippen molar-refractivity contribution in [2.75, 3.05) is 0 Å². The van der Waals surface area contributed by atoms with Crippen LogP contribution in [-0.2, 0) is 0 Å². The fourth-order valence-corrected chi connectivity index (χ4v) is 2.14. The van der Waals surface area contributed by atoms with E-state index in [0.717, 1.165) is 10.5 Å². The van der Waals surface area contributed by atoms with Gasteiger partial charge in [0.05, 0.1) is 0 Å². The molecule has 0 saturated carbocycles. The Bertz CT molecular complexity index is 567. The van der Waals surface area contributed by atoms with Crippen LogP contribution in [0.3, 0.4) is 0 Å². The van der Waals surface area contributed by atoms with Gasteiger partial charge in [0, 0.05) is 16.0 Å². The molecule has 2 aromatic rings. The predicted octanol–water partition coefficient (Wildman–Crippen LogP) is 3.60. The molecule has 0 saturated heterocycles. The summed E-state index contributed by atoms with van der Waals surface area (Å²) in [6.45, 7) is 0. The first-order valence-corrected chi connectivity index (χ1v) is 5.95. The van der Waals surface area contributed by atoms with Gasteiger partial charge in [-0.15, -0.1) is 6.42 Å². The van der Waals surface area contributed by atoms with Gasteiger partial charge in [-0.3, -0.25) is 4.79 Å². The Morgan fingerprint density at radius 2 is 1.82 bits per heavy atom. The summed E-state index contributed by atoms with van der Waals surface area (Å²) >= 11 is 1.21. The summed E-state index contributed by atoms with van der Waals surface area (Å²) in [6, 6.07) is 16.7. The van der Waals surface area contributed by atoms with Gasteiger partial charge < -0.3 is 0 Å². The molecule has 0 atom stereocenters. The molecule has 2 rings (SSSR count). The summed E-state index contributed by atoms with van der Waals surface area (Å²) < 4.78 is 0. The number of carbonyl (C=O) groups is 1. The Morgan fingerprint density at radius 1 is 1.06 bits per heavy atom. The van der Waals surface area contributed by atoms with Crippen LogP contribution < -0.4 is 0 Å². The molecule has 0 spiro atoms. The minimum absolute atomic E-state index is 0.00769. The number of carbonyl (C=O) groups excluding carboxylic acids is 1. The van der Waals surface area contributed by atoms with Gasteiger partial charge in [0.2, 0.25) is 5.12 Å². The van der Waals surface area contributed by atoms with Gasteiger partial charge >= 0.3 is 0 Å². The minimum atomic E-state index is 0.00769. The summed E-state index contributed by atoms with van der Waals surface area (Å²) in [4.78, 5) is 12.9. The molecule has 0 radical (unpaired) electrons. The van der Waals surface area contributed by atoms with Crippen LogP contribution in [0, 0.1) is 12.3 Å². The Labute approximate surface area is 105 Å². The molecule has 2 heteroatoms. The van der Waals surface area contributed by atoms with Crippen LogP contribution in [0.4, 0.5) is 0 Å². The van der Waals surface area contributed by atoms with E-state index in [0.29, 0.717) is 5.56 Å². The van der Waals surface area contributed by atoms with E-state index in [-0.39, 0.29) is 5.12 Å². The van der Waals surface area contributed by atoms with Crippen LogP contribution in [0.15, 0.2) is 59.5 Å². The van der Waals surface area contributed by atoms with E-state index in [9.17, 15) is 4.79 Å². The summed E-state index contributed by atoms with van der Waals surface area (Å²) in [7, 11) is 0. The minimum Gasteiger partial charge on any atom is -0.281 e. The molecule has 82 valence electrons. The Hall–Kier alpha value is -1.98. The molecule has 0 heterocycles. The molecule has 0 aliphatic rings. The number of hydrogen-bond acceptors (Lipinski definition) is 2. The monoisotopic (exact) mass is 238 g/mol. The zero-order valence-electron chi connectivity index (χ0n) is 9.09. The van der Waals surface area contributed by atoms with Crippen molar-refractivity contribution in [1.29, 1.82) is 0 Å². The van der Waals surface area contributed by atoms with E-state index in [1.54, 1.807) is 18.2 Å². The quantitative estimate of drug-likeness (QED) is 0.587. The molecular formula is C15H10OS. The molecular weight excluding hydrogens is 228 g/mol. The topological polar surface area (TPSA) is 17.1 Å². The first kappa shape index (κ1) is 11.5. The maximum Gasteiger partial charge on any atom is 0.224 e. The smallest absolute Gasteiger partial charge is 0.224 e. The van der Waals surface area contributed by atoms with E-state index >= 15 is 0 Å². The molecule has 1 nitrogen and oxygen atoms in total. The molecule has 0 aliphatic heterocycles. The van der Waals surface area contributed by atoms with Crippen LogP contribution in [0.5, 0.6) is 0 Å². The Balaban J connectivity index is 2.18. The third kappa shape index (κ3) is 2.99. The number of thioether (sulfide) groups is 1. The summed E-state index contributed by atoms with van der Waals surface area (Å²) in [5.74, 6) is 2.52. The van der Waals surface area contributed by atoms with Crippen molar-refractivity contribution in [1.82, 2.24) is 0 Å². The lowest BCUT2D eigenvalue weighted by Gasteiger charge is -2.01. The van der Waals surface area contributed by atoms with Gasteiger partial charge in [0.25, 0.3) is 0 Å². The van der Waals surface area contributed by atoms with Crippen LogP contribution in [0.25, 0.3) is 0 Å². The van der Waals surface area contributed by atoms with Crippen molar-refractivity contribution in [3.05, 3.63) is 65.7 Å². The molecule has 2 aromatic carbocycles. The molecule has 0 bridgehead atoms. The lowest BCUT2D eigenvalue weighted by atomic mass is 10.1. The molecule has 0 aromatic heterocycles. The highest BCUT2D eigenvalue weighted by molar-refractivity contribution is 8.14. The third-order valence-electron chi connectivity index (χ3n) is 2.22. The third-order valence-corrected chi connectivity index (χ3v) is 3.15. The van der Waals surface area contributed by atoms with Crippen LogP contribution in [0.1, 0.15) is 15.9 Å². The van der Waals surface area contributed by atoms with Crippen molar-refractivity contribution in [3.8, 4) is 12.3 Å². The number of terminal acetylenes is 1. The van der Waals surface area contributed by atoms with Crippen LogP contribution >= 0.6 is 11.8 Å². The second kappa shape index (κ2) is 5.38. The Kier molecular flexibility index (Phi) is 3.64. The zero-order chi connectivity index (χ0) is 12.1. The van der Waals surface area contributed by atoms with Gasteiger partial charge in [0.1, 0.15) is 0 Å². The van der Waals surface area contributed by atoms with Crippen molar-refractivity contribution < 1.29 is 4.79 Å². The maximum atomic E-state index is 12.0. The van der Waals surface area contributed by atoms with Crippen molar-refractivity contribution in [2.24, 2.45) is 0 Å². The summed E-state index contributed by atoms with van der Waals surface area (Å²) in [6.07, 6.45) is 5.30. The van der Waals surface area contributed by atoms with Crippen molar-refractivity contribution >= 4 is 16.9 Å². The van der Waals surface area contributed by atoms with Gasteiger partial charge in [-0.1, -0.05) is 36.3 Å². The van der Waals surface area contributed by atoms with Crippen molar-refractivity contribution in [3.63, 3.8) is 0 Å². The molecule has 0 amide bonds. The summed E-state index contributed by atoms with van der Waals surface area (Å²) in [5.41, 5.74) is 1.36. The Morgan fingerprint density at radius 3 is 2.53 bits per heavy atom. The summed E-state index contributed by atoms with van der Waals surface area (Å²) in [5, 5.41) is 0.00769. The normalized spacial score (nSPS) is 9.59. The second-order valence-electron chi connectivity index (χ2n) is 3.43. The molecule has 0 unspecified atom stereocenters. The molecule has 0 fully saturated rings. The van der Waals surface area contributed by atoms with Gasteiger partial charge in [-0.2, -0.15) is 0 Å². The highest BCUT2D eigenvalue weighted by atomic mass is 32.2. The highest BCUT2D eigenvalue weighted by Gasteiger charge is 2.07. The van der Waals surface area contributed by atoms with E-state index in [2.05, 4.69) is 5.92 Å². The van der Waals surface area contributed by atoms with Crippen LogP contribution in [-0.4, -0.2) is 5.12 Å². The SMILES string of the molecule is C#Cc1cccc(C(=O)Sc2ccccc2)c1. The molecule has 0 N–H and O–H groups in total. The lowest BCUT2D eigenvalue weighted by molar-refractivity contribution is 0.108. The number of benzene rings is 2. The predicted molar refractivity (Wildman–Crippen MR) is 71.0 cm³/mol. The van der Waals surface area contributed by atoms with Gasteiger partial charge in [0.15, 0.2) is 0 Å². The van der Waals surface area contributed by atoms with E-state index in [4.69, 9.17) is 6.42 Å². The van der Waals surface area contributed by atoms with Crippen molar-refractivity contribution in [2.45, 2.75) is 4.90 Å². The molecule has 0 aliphatic carbocycles. The first-order chi connectivity index (χ1) is 8.29. The van der Waals surface area contributed by atoms with Gasteiger partial charge in [-0.25, -0.2) is 0 Å². The second-order valence-corrected chi connectivity index (χ2v) is 4.47. The van der Waals surface area contributed by atoms with Gasteiger partial charge in [-0.05, 0) is 36.0 Å². The number of rotatable bonds is 2. The zero-order valence-corrected chi connectivity index (χ0v) is 9.91. The van der Waals surface area contributed by atoms with Crippen LogP contribution in [0.2, 0.25) is 0 Å². The van der Waals surface area contributed by atoms with E-state index < -0.39 is 0 Å². The lowest BCUT2D eigenvalue weighted by Crippen LogP contribution is -1.93. The standard InChI is InChI=1S/C15H10OS/c1-2-12-7-6-8-13(11-12)15(16)17-14-9-4-3-5-10-14/h1,3-11H. The van der Waals surface area contributed by atoms with E-state index in [1.807, 2.05) is 36.4 Å². The fraction of sp³-hybridized carbons (Fsp3) is 0. The largest absolute Gasteiger partial charge is 0.281 e. The number of hydrogen-bond donors (Lipinski definition) is 0. The fourth-order valence-electron chi connectivity index (χ4n) is 1.39.